The van der Waals surface area contributed by atoms with E-state index in [4.69, 9.17) is 0 Å². The van der Waals surface area contributed by atoms with Gasteiger partial charge in [0.15, 0.2) is 0 Å². The molecule has 0 bridgehead atoms. The van der Waals surface area contributed by atoms with Crippen LogP contribution in [-0.2, 0) is 25.8 Å². The molecule has 1 saturated heterocycles. The van der Waals surface area contributed by atoms with Gasteiger partial charge in [0.25, 0.3) is 0 Å². The first kappa shape index (κ1) is 25.4. The highest BCUT2D eigenvalue weighted by molar-refractivity contribution is 7.89. The molecule has 2 heterocycles. The second kappa shape index (κ2) is 9.97. The molecular formula is C21H24F3N5O4S. The Morgan fingerprint density at radius 2 is 1.65 bits per heavy atom. The summed E-state index contributed by atoms with van der Waals surface area (Å²) in [6, 6.07) is 6.74. The van der Waals surface area contributed by atoms with Crippen LogP contribution in [0.3, 0.4) is 0 Å². The number of halogens is 3. The van der Waals surface area contributed by atoms with Crippen molar-refractivity contribution in [2.24, 2.45) is 0 Å². The minimum Gasteiger partial charge on any atom is -0.353 e. The largest absolute Gasteiger partial charge is 0.417 e. The molecule has 0 aliphatic carbocycles. The number of aromatic nitrogens is 1. The standard InChI is InChI=1S/C21H24F3N5O4S/c1-14(27-34(32,33)18-6-4-17(5-7-18)26-15(2)30)20(31)29-11-9-28(10-12-29)19-8-3-16(13-25-19)21(22,23)24/h3-8,13-14,27H,9-12H2,1-2H3,(H,26,30)/t14-/m0/s1. The molecular weight excluding hydrogens is 475 g/mol. The van der Waals surface area contributed by atoms with E-state index < -0.39 is 33.7 Å². The maximum absolute atomic E-state index is 12.8. The minimum absolute atomic E-state index is 0.0561. The molecule has 1 atom stereocenters. The highest BCUT2D eigenvalue weighted by Crippen LogP contribution is 2.29. The third-order valence-corrected chi connectivity index (χ3v) is 6.73. The molecule has 0 spiro atoms. The lowest BCUT2D eigenvalue weighted by Gasteiger charge is -2.36. The number of hydrogen-bond acceptors (Lipinski definition) is 6. The van der Waals surface area contributed by atoms with Gasteiger partial charge in [-0.1, -0.05) is 0 Å². The average molecular weight is 500 g/mol. The van der Waals surface area contributed by atoms with Gasteiger partial charge in [0, 0.05) is 45.0 Å². The number of pyridine rings is 1. The van der Waals surface area contributed by atoms with Crippen LogP contribution in [0, 0.1) is 0 Å². The van der Waals surface area contributed by atoms with Crippen molar-refractivity contribution in [2.45, 2.75) is 31.0 Å². The third kappa shape index (κ3) is 6.23. The summed E-state index contributed by atoms with van der Waals surface area (Å²) in [5.41, 5.74) is -0.396. The van der Waals surface area contributed by atoms with Crippen LogP contribution in [0.4, 0.5) is 24.7 Å². The third-order valence-electron chi connectivity index (χ3n) is 5.18. The molecule has 0 radical (unpaired) electrons. The topological polar surface area (TPSA) is 112 Å². The molecule has 2 amide bonds. The highest BCUT2D eigenvalue weighted by atomic mass is 32.2. The fourth-order valence-electron chi connectivity index (χ4n) is 3.44. The van der Waals surface area contributed by atoms with Crippen LogP contribution < -0.4 is 14.9 Å². The van der Waals surface area contributed by atoms with Gasteiger partial charge in [0.2, 0.25) is 21.8 Å². The molecule has 9 nitrogen and oxygen atoms in total. The van der Waals surface area contributed by atoms with Crippen LogP contribution in [0.25, 0.3) is 0 Å². The lowest BCUT2D eigenvalue weighted by atomic mass is 10.2. The van der Waals surface area contributed by atoms with Gasteiger partial charge in [-0.05, 0) is 43.3 Å². The van der Waals surface area contributed by atoms with Crippen LogP contribution in [-0.4, -0.2) is 62.3 Å². The molecule has 1 aliphatic rings. The number of carbonyl (C=O) groups excluding carboxylic acids is 2. The van der Waals surface area contributed by atoms with Crippen molar-refractivity contribution in [3.05, 3.63) is 48.2 Å². The molecule has 2 aromatic rings. The average Bonchev–Trinajstić information content (AvgIpc) is 2.78. The van der Waals surface area contributed by atoms with Crippen molar-refractivity contribution in [3.8, 4) is 0 Å². The number of anilines is 2. The van der Waals surface area contributed by atoms with E-state index in [2.05, 4.69) is 15.0 Å². The van der Waals surface area contributed by atoms with Crippen LogP contribution in [0.15, 0.2) is 47.5 Å². The first-order valence-corrected chi connectivity index (χ1v) is 11.8. The number of benzene rings is 1. The Hall–Kier alpha value is -3.19. The number of sulfonamides is 1. The summed E-state index contributed by atoms with van der Waals surface area (Å²) < 4.78 is 65.7. The zero-order valence-corrected chi connectivity index (χ0v) is 19.3. The van der Waals surface area contributed by atoms with E-state index in [0.29, 0.717) is 24.6 Å². The summed E-state index contributed by atoms with van der Waals surface area (Å²) in [5.74, 6) is -0.336. The number of nitrogens with one attached hydrogen (secondary N) is 2. The number of amides is 2. The van der Waals surface area contributed by atoms with Crippen LogP contribution in [0.5, 0.6) is 0 Å². The summed E-state index contributed by atoms with van der Waals surface area (Å²) in [7, 11) is -3.98. The quantitative estimate of drug-likeness (QED) is 0.630. The summed E-state index contributed by atoms with van der Waals surface area (Å²) in [6.07, 6.45) is -3.69. The Balaban J connectivity index is 1.56. The minimum atomic E-state index is -4.46. The lowest BCUT2D eigenvalue weighted by molar-refractivity contribution is -0.138. The first-order chi connectivity index (χ1) is 15.9. The lowest BCUT2D eigenvalue weighted by Crippen LogP contribution is -2.54. The molecule has 0 unspecified atom stereocenters. The summed E-state index contributed by atoms with van der Waals surface area (Å²) >= 11 is 0. The van der Waals surface area contributed by atoms with Crippen LogP contribution in [0.1, 0.15) is 19.4 Å². The summed E-state index contributed by atoms with van der Waals surface area (Å²) in [4.78, 5) is 30.9. The van der Waals surface area contributed by atoms with Crippen molar-refractivity contribution >= 4 is 33.3 Å². The molecule has 1 aromatic carbocycles. The molecule has 2 N–H and O–H groups in total. The predicted octanol–water partition coefficient (Wildman–Crippen LogP) is 2.07. The van der Waals surface area contributed by atoms with Crippen molar-refractivity contribution < 1.29 is 31.2 Å². The van der Waals surface area contributed by atoms with Gasteiger partial charge in [-0.15, -0.1) is 0 Å². The Bertz CT molecular complexity index is 1130. The fourth-order valence-corrected chi connectivity index (χ4v) is 4.64. The second-order valence-corrected chi connectivity index (χ2v) is 9.48. The van der Waals surface area contributed by atoms with Gasteiger partial charge in [0.05, 0.1) is 16.5 Å². The Morgan fingerprint density at radius 1 is 1.03 bits per heavy atom. The zero-order valence-electron chi connectivity index (χ0n) is 18.5. The van der Waals surface area contributed by atoms with E-state index in [-0.39, 0.29) is 23.9 Å². The van der Waals surface area contributed by atoms with Gasteiger partial charge < -0.3 is 15.1 Å². The molecule has 13 heteroatoms. The maximum Gasteiger partial charge on any atom is 0.417 e. The maximum atomic E-state index is 12.8. The van der Waals surface area contributed by atoms with Crippen molar-refractivity contribution in [1.29, 1.82) is 0 Å². The van der Waals surface area contributed by atoms with Crippen molar-refractivity contribution in [1.82, 2.24) is 14.6 Å². The van der Waals surface area contributed by atoms with Gasteiger partial charge >= 0.3 is 6.18 Å². The fraction of sp³-hybridized carbons (Fsp3) is 0.381. The Labute approximate surface area is 195 Å². The van der Waals surface area contributed by atoms with Crippen LogP contribution >= 0.6 is 0 Å². The number of carbonyl (C=O) groups is 2. The summed E-state index contributed by atoms with van der Waals surface area (Å²) in [5, 5.41) is 2.54. The molecule has 0 saturated carbocycles. The second-order valence-electron chi connectivity index (χ2n) is 7.76. The number of piperazine rings is 1. The van der Waals surface area contributed by atoms with E-state index in [1.54, 1.807) is 4.90 Å². The monoisotopic (exact) mass is 499 g/mol. The van der Waals surface area contributed by atoms with E-state index in [0.717, 1.165) is 12.3 Å². The molecule has 1 aliphatic heterocycles. The molecule has 1 fully saturated rings. The number of rotatable bonds is 6. The SMILES string of the molecule is CC(=O)Nc1ccc(S(=O)(=O)N[C@@H](C)C(=O)N2CCN(c3ccc(C(F)(F)F)cn3)CC2)cc1. The van der Waals surface area contributed by atoms with Crippen molar-refractivity contribution in [2.75, 3.05) is 36.4 Å². The van der Waals surface area contributed by atoms with E-state index in [9.17, 15) is 31.2 Å². The van der Waals surface area contributed by atoms with Gasteiger partial charge in [-0.3, -0.25) is 9.59 Å². The molecule has 1 aromatic heterocycles. The predicted molar refractivity (Wildman–Crippen MR) is 119 cm³/mol. The Kier molecular flexibility index (Phi) is 7.46. The molecule has 184 valence electrons. The number of hydrogen-bond donors (Lipinski definition) is 2. The van der Waals surface area contributed by atoms with Crippen LogP contribution in [0.2, 0.25) is 0 Å². The smallest absolute Gasteiger partial charge is 0.353 e. The van der Waals surface area contributed by atoms with Gasteiger partial charge in [-0.25, -0.2) is 13.4 Å². The zero-order chi connectivity index (χ0) is 25.1. The normalized spacial score (nSPS) is 15.7. The van der Waals surface area contributed by atoms with E-state index >= 15 is 0 Å². The highest BCUT2D eigenvalue weighted by Gasteiger charge is 2.32. The van der Waals surface area contributed by atoms with Gasteiger partial charge in [0.1, 0.15) is 5.82 Å². The molecule has 34 heavy (non-hydrogen) atoms. The summed E-state index contributed by atoms with van der Waals surface area (Å²) in [6.45, 7) is 3.98. The van der Waals surface area contributed by atoms with E-state index in [1.165, 1.54) is 49.1 Å². The number of nitrogens with zero attached hydrogens (tertiary/aromatic N) is 3. The van der Waals surface area contributed by atoms with Gasteiger partial charge in [-0.2, -0.15) is 17.9 Å². The number of alkyl halides is 3. The van der Waals surface area contributed by atoms with Crippen molar-refractivity contribution in [3.63, 3.8) is 0 Å². The van der Waals surface area contributed by atoms with E-state index in [1.807, 2.05) is 0 Å². The Morgan fingerprint density at radius 3 is 2.15 bits per heavy atom. The molecule has 3 rings (SSSR count). The first-order valence-electron chi connectivity index (χ1n) is 10.3.